The van der Waals surface area contributed by atoms with Gasteiger partial charge in [-0.15, -0.1) is 0 Å². The molecule has 0 heterocycles. The SMILES string of the molecule is CCCCCCCOCCOCCOCCOCCOCCOCCOCCOCCOC(=O)CCC(=O)C(=O)O. The number of hydrogen-bond donors (Lipinski definition) is 1. The highest BCUT2D eigenvalue weighted by atomic mass is 16.6. The van der Waals surface area contributed by atoms with E-state index < -0.39 is 17.7 Å². The van der Waals surface area contributed by atoms with Crippen LogP contribution < -0.4 is 0 Å². The van der Waals surface area contributed by atoms with E-state index in [0.717, 1.165) is 13.0 Å². The molecule has 0 rings (SSSR count). The summed E-state index contributed by atoms with van der Waals surface area (Å²) < 4.78 is 48.2. The largest absolute Gasteiger partial charge is 0.476 e. The molecule has 1 N–H and O–H groups in total. The molecule has 0 amide bonds. The number of Topliss-reactive ketones (excluding diaryl/α,β-unsaturated/α-hetero) is 1. The van der Waals surface area contributed by atoms with Crippen molar-refractivity contribution in [2.24, 2.45) is 0 Å². The lowest BCUT2D eigenvalue weighted by Gasteiger charge is -2.09. The molecule has 0 aliphatic carbocycles. The highest BCUT2D eigenvalue weighted by Crippen LogP contribution is 2.02. The molecular formula is C28H52O13. The summed E-state index contributed by atoms with van der Waals surface area (Å²) in [7, 11) is 0. The van der Waals surface area contributed by atoms with Crippen LogP contribution in [0.4, 0.5) is 0 Å². The summed E-state index contributed by atoms with van der Waals surface area (Å²) in [5.41, 5.74) is 0. The van der Waals surface area contributed by atoms with E-state index in [4.69, 9.17) is 47.7 Å². The molecule has 41 heavy (non-hydrogen) atoms. The predicted octanol–water partition coefficient (Wildman–Crippen LogP) is 2.07. The lowest BCUT2D eigenvalue weighted by atomic mass is 10.2. The summed E-state index contributed by atoms with van der Waals surface area (Å²) in [5, 5.41) is 8.43. The zero-order valence-electron chi connectivity index (χ0n) is 24.8. The Morgan fingerprint density at radius 2 is 0.780 bits per heavy atom. The molecule has 13 nitrogen and oxygen atoms in total. The van der Waals surface area contributed by atoms with Gasteiger partial charge in [0.2, 0.25) is 5.78 Å². The fraction of sp³-hybridized carbons (Fsp3) is 0.893. The molecule has 0 saturated carbocycles. The fourth-order valence-corrected chi connectivity index (χ4v) is 3.06. The van der Waals surface area contributed by atoms with E-state index in [-0.39, 0.29) is 26.1 Å². The van der Waals surface area contributed by atoms with Crippen molar-refractivity contribution in [2.75, 3.05) is 112 Å². The maximum Gasteiger partial charge on any atom is 0.372 e. The molecule has 0 aromatic carbocycles. The molecule has 0 spiro atoms. The Morgan fingerprint density at radius 3 is 1.15 bits per heavy atom. The van der Waals surface area contributed by atoms with Crippen molar-refractivity contribution in [3.8, 4) is 0 Å². The Morgan fingerprint density at radius 1 is 0.439 bits per heavy atom. The third-order valence-electron chi connectivity index (χ3n) is 5.28. The van der Waals surface area contributed by atoms with Crippen molar-refractivity contribution >= 4 is 17.7 Å². The van der Waals surface area contributed by atoms with E-state index in [0.29, 0.717) is 92.5 Å². The van der Waals surface area contributed by atoms with Crippen LogP contribution in [0, 0.1) is 0 Å². The molecule has 0 saturated heterocycles. The number of carboxylic acid groups (broad SMARTS) is 1. The summed E-state index contributed by atoms with van der Waals surface area (Å²) in [6.45, 7) is 9.96. The van der Waals surface area contributed by atoms with Gasteiger partial charge in [-0.2, -0.15) is 0 Å². The minimum Gasteiger partial charge on any atom is -0.476 e. The van der Waals surface area contributed by atoms with Gasteiger partial charge in [-0.3, -0.25) is 9.59 Å². The monoisotopic (exact) mass is 596 g/mol. The first-order valence-corrected chi connectivity index (χ1v) is 14.6. The molecule has 0 radical (unpaired) electrons. The second-order valence-corrected chi connectivity index (χ2v) is 8.76. The molecule has 13 heteroatoms. The zero-order chi connectivity index (χ0) is 30.1. The summed E-state index contributed by atoms with van der Waals surface area (Å²) in [5.74, 6) is -3.22. The van der Waals surface area contributed by atoms with Gasteiger partial charge >= 0.3 is 11.9 Å². The van der Waals surface area contributed by atoms with E-state index >= 15 is 0 Å². The highest BCUT2D eigenvalue weighted by Gasteiger charge is 2.14. The second-order valence-electron chi connectivity index (χ2n) is 8.76. The van der Waals surface area contributed by atoms with E-state index in [1.165, 1.54) is 25.7 Å². The zero-order valence-corrected chi connectivity index (χ0v) is 24.8. The molecule has 0 atom stereocenters. The molecule has 0 aliphatic rings. The molecule has 242 valence electrons. The number of carbonyl (C=O) groups is 3. The van der Waals surface area contributed by atoms with Crippen molar-refractivity contribution in [3.05, 3.63) is 0 Å². The number of carboxylic acids is 1. The number of carbonyl (C=O) groups excluding carboxylic acids is 2. The van der Waals surface area contributed by atoms with Crippen molar-refractivity contribution in [2.45, 2.75) is 51.9 Å². The minimum absolute atomic E-state index is 0.0213. The molecule has 0 aromatic rings. The quantitative estimate of drug-likeness (QED) is 0.0655. The van der Waals surface area contributed by atoms with Crippen LogP contribution in [0.5, 0.6) is 0 Å². The van der Waals surface area contributed by atoms with Gasteiger partial charge in [-0.05, 0) is 6.42 Å². The summed E-state index contributed by atoms with van der Waals surface area (Å²) in [6, 6.07) is 0. The van der Waals surface area contributed by atoms with Gasteiger partial charge in [0.1, 0.15) is 6.61 Å². The van der Waals surface area contributed by atoms with Crippen LogP contribution in [0.15, 0.2) is 0 Å². The second kappa shape index (κ2) is 32.8. The Kier molecular flexibility index (Phi) is 31.4. The van der Waals surface area contributed by atoms with Gasteiger partial charge in [0, 0.05) is 13.0 Å². The van der Waals surface area contributed by atoms with Gasteiger partial charge < -0.3 is 47.7 Å². The van der Waals surface area contributed by atoms with E-state index in [1.54, 1.807) is 0 Å². The maximum absolute atomic E-state index is 11.3. The van der Waals surface area contributed by atoms with E-state index in [1.807, 2.05) is 0 Å². The molecule has 0 aromatic heterocycles. The average molecular weight is 597 g/mol. The van der Waals surface area contributed by atoms with Crippen molar-refractivity contribution in [1.82, 2.24) is 0 Å². The number of ether oxygens (including phenoxy) is 9. The van der Waals surface area contributed by atoms with Gasteiger partial charge in [0.15, 0.2) is 0 Å². The molecular weight excluding hydrogens is 544 g/mol. The normalized spacial score (nSPS) is 11.1. The Balaban J connectivity index is 3.12. The summed E-state index contributed by atoms with van der Waals surface area (Å²) >= 11 is 0. The number of rotatable bonds is 34. The standard InChI is InChI=1S/C28H52O13/c1-2-3-4-5-6-9-33-10-11-34-12-13-35-14-15-36-16-17-37-18-19-38-20-21-39-22-23-40-24-25-41-27(30)8-7-26(29)28(31)32/h2-25H2,1H3,(H,31,32). The first kappa shape index (κ1) is 39.3. The third kappa shape index (κ3) is 32.7. The first-order valence-electron chi connectivity index (χ1n) is 14.6. The summed E-state index contributed by atoms with van der Waals surface area (Å²) in [6.07, 6.45) is 5.57. The minimum atomic E-state index is -1.56. The lowest BCUT2D eigenvalue weighted by molar-refractivity contribution is -0.151. The Labute approximate surface area is 244 Å². The number of aliphatic carboxylic acids is 1. The topological polar surface area (TPSA) is 155 Å². The lowest BCUT2D eigenvalue weighted by Crippen LogP contribution is -2.17. The van der Waals surface area contributed by atoms with Gasteiger partial charge in [-0.1, -0.05) is 32.6 Å². The number of unbranched alkanes of at least 4 members (excludes halogenated alkanes) is 4. The van der Waals surface area contributed by atoms with Crippen LogP contribution in [0.3, 0.4) is 0 Å². The van der Waals surface area contributed by atoms with Crippen molar-refractivity contribution in [1.29, 1.82) is 0 Å². The highest BCUT2D eigenvalue weighted by molar-refractivity contribution is 6.32. The smallest absolute Gasteiger partial charge is 0.372 e. The van der Waals surface area contributed by atoms with Crippen LogP contribution in [0.2, 0.25) is 0 Å². The van der Waals surface area contributed by atoms with Gasteiger partial charge in [0.25, 0.3) is 0 Å². The average Bonchev–Trinajstić information content (AvgIpc) is 2.96. The van der Waals surface area contributed by atoms with Gasteiger partial charge in [-0.25, -0.2) is 4.79 Å². The molecule has 0 bridgehead atoms. The molecule has 0 aliphatic heterocycles. The number of esters is 1. The Bertz CT molecular complexity index is 604. The third-order valence-corrected chi connectivity index (χ3v) is 5.28. The van der Waals surface area contributed by atoms with E-state index in [2.05, 4.69) is 6.92 Å². The number of ketones is 1. The predicted molar refractivity (Wildman–Crippen MR) is 148 cm³/mol. The van der Waals surface area contributed by atoms with Crippen molar-refractivity contribution < 1.29 is 62.1 Å². The van der Waals surface area contributed by atoms with Crippen LogP contribution in [-0.2, 0) is 57.0 Å². The van der Waals surface area contributed by atoms with Crippen LogP contribution in [0.1, 0.15) is 51.9 Å². The maximum atomic E-state index is 11.3. The first-order chi connectivity index (χ1) is 20.1. The van der Waals surface area contributed by atoms with Crippen LogP contribution in [0.25, 0.3) is 0 Å². The van der Waals surface area contributed by atoms with Gasteiger partial charge in [0.05, 0.1) is 106 Å². The fourth-order valence-electron chi connectivity index (χ4n) is 3.06. The van der Waals surface area contributed by atoms with E-state index in [9.17, 15) is 14.4 Å². The molecule has 0 unspecified atom stereocenters. The van der Waals surface area contributed by atoms with Crippen molar-refractivity contribution in [3.63, 3.8) is 0 Å². The number of hydrogen-bond acceptors (Lipinski definition) is 12. The molecule has 0 fully saturated rings. The van der Waals surface area contributed by atoms with Crippen LogP contribution >= 0.6 is 0 Å². The Hall–Kier alpha value is -1.71. The summed E-state index contributed by atoms with van der Waals surface area (Å²) in [4.78, 5) is 32.6. The van der Waals surface area contributed by atoms with Crippen LogP contribution in [-0.4, -0.2) is 135 Å².